The molecular weight excluding hydrogens is 801 g/mol. The van der Waals surface area contributed by atoms with E-state index < -0.39 is 24.3 Å². The Kier molecular flexibility index (Phi) is 13.4. The van der Waals surface area contributed by atoms with Crippen molar-refractivity contribution in [2.24, 2.45) is 11.8 Å². The quantitative estimate of drug-likeness (QED) is 0.0849. The summed E-state index contributed by atoms with van der Waals surface area (Å²) in [5.74, 6) is 1.61. The Balaban J connectivity index is 1.09. The van der Waals surface area contributed by atoms with Crippen LogP contribution >= 0.6 is 0 Å². The van der Waals surface area contributed by atoms with Crippen LogP contribution in [0.25, 0.3) is 44.5 Å². The number of hydrogen-bond donors (Lipinski definition) is 4. The van der Waals surface area contributed by atoms with E-state index in [1.165, 1.54) is 14.2 Å². The Labute approximate surface area is 368 Å². The number of alkyl carbamates (subject to hydrolysis) is 2. The van der Waals surface area contributed by atoms with Crippen molar-refractivity contribution in [3.8, 4) is 39.3 Å². The molecule has 0 unspecified atom stereocenters. The molecule has 4 amide bonds. The molecular formula is C48H60N8O7. The highest BCUT2D eigenvalue weighted by Crippen LogP contribution is 2.42. The van der Waals surface area contributed by atoms with E-state index in [2.05, 4.69) is 63.1 Å². The molecule has 2 aliphatic rings. The van der Waals surface area contributed by atoms with E-state index in [4.69, 9.17) is 24.2 Å². The number of aromatic nitrogens is 4. The van der Waals surface area contributed by atoms with E-state index in [0.717, 1.165) is 75.1 Å². The summed E-state index contributed by atoms with van der Waals surface area (Å²) in [7, 11) is 2.58. The van der Waals surface area contributed by atoms with Gasteiger partial charge in [-0.25, -0.2) is 19.6 Å². The molecule has 7 rings (SSSR count). The normalized spacial score (nSPS) is 16.4. The first-order valence-corrected chi connectivity index (χ1v) is 22.0. The summed E-state index contributed by atoms with van der Waals surface area (Å²) in [6, 6.07) is 16.6. The van der Waals surface area contributed by atoms with Crippen LogP contribution in [0, 0.1) is 11.8 Å². The molecule has 0 aliphatic carbocycles. The summed E-state index contributed by atoms with van der Waals surface area (Å²) in [4.78, 5) is 72.4. The minimum absolute atomic E-state index is 0.105. The standard InChI is InChI=1S/C48H60N8O7/c1-10-28(7)56(46(58)42(27(5)6)54-48(60)62-9)38(11-2)44-50-35-19-16-29(22-36(35)51-44)30-14-18-34-33-17-15-31(21-32(33)25-63-40(34)23-30)37-24-49-43(52-37)39-13-12-20-55(39)45(57)41(26(3)4)53-47(59)61-8/h14-19,21-24,26-28,38-39,41-42H,10-13,20,25H2,1-9H3,(H,49,52)(H,50,51)(H,53,59)(H,54,60)/t28-,38-,39-,41-,42-/m0/s1. The number of nitrogens with zero attached hydrogens (tertiary/aromatic N) is 4. The predicted molar refractivity (Wildman–Crippen MR) is 241 cm³/mol. The molecule has 2 aliphatic heterocycles. The van der Waals surface area contributed by atoms with Gasteiger partial charge in [0.1, 0.15) is 36.1 Å². The number of rotatable bonds is 14. The van der Waals surface area contributed by atoms with Crippen molar-refractivity contribution in [3.63, 3.8) is 0 Å². The van der Waals surface area contributed by atoms with Crippen molar-refractivity contribution in [3.05, 3.63) is 78.0 Å². The lowest BCUT2D eigenvalue weighted by molar-refractivity contribution is -0.140. The van der Waals surface area contributed by atoms with E-state index in [1.807, 2.05) is 76.6 Å². The van der Waals surface area contributed by atoms with Gasteiger partial charge in [-0.3, -0.25) is 9.59 Å². The number of ether oxygens (including phenoxy) is 3. The Morgan fingerprint density at radius 3 is 2.19 bits per heavy atom. The molecule has 1 saturated heterocycles. The van der Waals surface area contributed by atoms with Gasteiger partial charge in [0.2, 0.25) is 11.8 Å². The van der Waals surface area contributed by atoms with E-state index in [1.54, 1.807) is 0 Å². The third kappa shape index (κ3) is 9.09. The SMILES string of the molecule is CC[C@H](C)N(C(=O)[C@@H](NC(=O)OC)C(C)C)[C@@H](CC)c1nc2ccc(-c3ccc4c(c3)OCc3cc(-c5cnc([C@@H]6CCCN6C(=O)[C@@H](NC(=O)OC)C(C)C)[nH]5)ccc3-4)cc2[nH]1. The third-order valence-corrected chi connectivity index (χ3v) is 12.5. The molecule has 3 aromatic carbocycles. The molecule has 4 heterocycles. The van der Waals surface area contributed by atoms with Gasteiger partial charge in [0, 0.05) is 18.2 Å². The van der Waals surface area contributed by atoms with E-state index in [9.17, 15) is 19.2 Å². The zero-order valence-corrected chi connectivity index (χ0v) is 37.7. The lowest BCUT2D eigenvalue weighted by Gasteiger charge is -2.38. The molecule has 15 heteroatoms. The lowest BCUT2D eigenvalue weighted by atomic mass is 9.92. The van der Waals surface area contributed by atoms with Crippen molar-refractivity contribution in [1.29, 1.82) is 0 Å². The van der Waals surface area contributed by atoms with Crippen LogP contribution in [-0.2, 0) is 25.7 Å². The molecule has 4 N–H and O–H groups in total. The van der Waals surface area contributed by atoms with Gasteiger partial charge in [-0.2, -0.15) is 0 Å². The number of carbonyl (C=O) groups excluding carboxylic acids is 4. The number of H-pyrrole nitrogens is 2. The van der Waals surface area contributed by atoms with Gasteiger partial charge in [0.05, 0.1) is 49.2 Å². The highest BCUT2D eigenvalue weighted by molar-refractivity contribution is 5.88. The molecule has 0 radical (unpaired) electrons. The second kappa shape index (κ2) is 18.9. The number of fused-ring (bicyclic) bond motifs is 4. The number of likely N-dealkylation sites (tertiary alicyclic amines) is 1. The smallest absolute Gasteiger partial charge is 0.407 e. The van der Waals surface area contributed by atoms with Crippen molar-refractivity contribution >= 4 is 35.0 Å². The average molecular weight is 861 g/mol. The summed E-state index contributed by atoms with van der Waals surface area (Å²) in [5, 5.41) is 5.46. The predicted octanol–water partition coefficient (Wildman–Crippen LogP) is 8.68. The number of aromatic amines is 2. The molecule has 5 atom stereocenters. The maximum Gasteiger partial charge on any atom is 0.407 e. The third-order valence-electron chi connectivity index (χ3n) is 12.5. The van der Waals surface area contributed by atoms with Crippen LogP contribution in [0.5, 0.6) is 5.75 Å². The largest absolute Gasteiger partial charge is 0.488 e. The Hall–Kier alpha value is -6.38. The first-order valence-electron chi connectivity index (χ1n) is 22.0. The summed E-state index contributed by atoms with van der Waals surface area (Å²) >= 11 is 0. The summed E-state index contributed by atoms with van der Waals surface area (Å²) in [5.41, 5.74) is 8.60. The van der Waals surface area contributed by atoms with E-state index >= 15 is 0 Å². The number of carbonyl (C=O) groups is 4. The summed E-state index contributed by atoms with van der Waals surface area (Å²) < 4.78 is 16.0. The van der Waals surface area contributed by atoms with Gasteiger partial charge in [0.25, 0.3) is 0 Å². The Morgan fingerprint density at radius 2 is 1.51 bits per heavy atom. The fourth-order valence-corrected chi connectivity index (χ4v) is 8.81. The highest BCUT2D eigenvalue weighted by Gasteiger charge is 2.39. The monoisotopic (exact) mass is 860 g/mol. The molecule has 5 aromatic rings. The molecule has 15 nitrogen and oxygen atoms in total. The fraction of sp³-hybridized carbons (Fsp3) is 0.458. The number of benzene rings is 3. The molecule has 63 heavy (non-hydrogen) atoms. The Morgan fingerprint density at radius 1 is 0.841 bits per heavy atom. The van der Waals surface area contributed by atoms with Gasteiger partial charge in [-0.05, 0) is 96.5 Å². The maximum absolute atomic E-state index is 14.2. The van der Waals surface area contributed by atoms with E-state index in [-0.39, 0.29) is 41.8 Å². The minimum atomic E-state index is -0.752. The van der Waals surface area contributed by atoms with Gasteiger partial charge >= 0.3 is 12.2 Å². The van der Waals surface area contributed by atoms with Crippen LogP contribution < -0.4 is 15.4 Å². The van der Waals surface area contributed by atoms with Crippen LogP contribution in [0.3, 0.4) is 0 Å². The van der Waals surface area contributed by atoms with Crippen LogP contribution in [0.1, 0.15) is 103 Å². The first-order chi connectivity index (χ1) is 30.3. The molecule has 0 saturated carbocycles. The second-order valence-corrected chi connectivity index (χ2v) is 17.2. The summed E-state index contributed by atoms with van der Waals surface area (Å²) in [6.45, 7) is 14.7. The molecule has 334 valence electrons. The number of nitrogens with one attached hydrogen (secondary N) is 4. The number of hydrogen-bond acceptors (Lipinski definition) is 9. The maximum atomic E-state index is 14.2. The molecule has 0 spiro atoms. The molecule has 2 aromatic heterocycles. The average Bonchev–Trinajstić information content (AvgIpc) is 4.08. The van der Waals surface area contributed by atoms with Gasteiger partial charge in [0.15, 0.2) is 0 Å². The molecule has 1 fully saturated rings. The second-order valence-electron chi connectivity index (χ2n) is 17.2. The fourth-order valence-electron chi connectivity index (χ4n) is 8.81. The lowest BCUT2D eigenvalue weighted by Crippen LogP contribution is -2.54. The van der Waals surface area contributed by atoms with Crippen LogP contribution in [0.2, 0.25) is 0 Å². The van der Waals surface area contributed by atoms with Gasteiger partial charge in [-0.15, -0.1) is 0 Å². The highest BCUT2D eigenvalue weighted by atomic mass is 16.5. The van der Waals surface area contributed by atoms with Crippen LogP contribution in [0.4, 0.5) is 9.59 Å². The Bertz CT molecular complexity index is 2480. The van der Waals surface area contributed by atoms with Crippen LogP contribution in [0.15, 0.2) is 60.8 Å². The number of imidazole rings is 2. The van der Waals surface area contributed by atoms with Gasteiger partial charge in [-0.1, -0.05) is 71.9 Å². The molecule has 0 bridgehead atoms. The number of amides is 4. The zero-order chi connectivity index (χ0) is 45.1. The summed E-state index contributed by atoms with van der Waals surface area (Å²) in [6.07, 6.45) is 3.51. The van der Waals surface area contributed by atoms with E-state index in [0.29, 0.717) is 31.2 Å². The van der Waals surface area contributed by atoms with Crippen molar-refractivity contribution in [2.75, 3.05) is 20.8 Å². The van der Waals surface area contributed by atoms with Crippen molar-refractivity contribution in [2.45, 2.75) is 111 Å². The van der Waals surface area contributed by atoms with Crippen molar-refractivity contribution < 1.29 is 33.4 Å². The minimum Gasteiger partial charge on any atom is -0.488 e. The van der Waals surface area contributed by atoms with Crippen molar-refractivity contribution in [1.82, 2.24) is 40.4 Å². The van der Waals surface area contributed by atoms with Gasteiger partial charge < -0.3 is 44.6 Å². The van der Waals surface area contributed by atoms with Crippen LogP contribution in [-0.4, -0.2) is 92.6 Å². The first kappa shape index (κ1) is 44.7. The topological polar surface area (TPSA) is 184 Å². The number of methoxy groups -OCH3 is 2. The zero-order valence-electron chi connectivity index (χ0n) is 37.7.